The number of aryl methyl sites for hydroxylation is 2. The highest BCUT2D eigenvalue weighted by atomic mass is 32.2. The van der Waals surface area contributed by atoms with Crippen LogP contribution < -0.4 is 9.46 Å². The van der Waals surface area contributed by atoms with Gasteiger partial charge in [-0.05, 0) is 49.2 Å². The van der Waals surface area contributed by atoms with Crippen molar-refractivity contribution in [3.8, 4) is 5.75 Å². The third-order valence-electron chi connectivity index (χ3n) is 4.28. The van der Waals surface area contributed by atoms with Gasteiger partial charge in [-0.15, -0.1) is 0 Å². The molecule has 0 unspecified atom stereocenters. The predicted molar refractivity (Wildman–Crippen MR) is 105 cm³/mol. The van der Waals surface area contributed by atoms with Crippen molar-refractivity contribution in [3.63, 3.8) is 0 Å². The van der Waals surface area contributed by atoms with Crippen molar-refractivity contribution >= 4 is 15.9 Å². The van der Waals surface area contributed by atoms with E-state index in [1.807, 2.05) is 44.2 Å². The topological polar surface area (TPSA) is 75.7 Å². The number of benzene rings is 2. The molecular weight excluding hydrogens is 364 g/mol. The lowest BCUT2D eigenvalue weighted by Gasteiger charge is -2.17. The van der Waals surface area contributed by atoms with E-state index in [4.69, 9.17) is 4.74 Å². The summed E-state index contributed by atoms with van der Waals surface area (Å²) in [6.07, 6.45) is 0.0892. The Bertz CT molecular complexity index is 867. The van der Waals surface area contributed by atoms with E-state index in [0.29, 0.717) is 13.2 Å². The molecule has 1 N–H and O–H groups in total. The first kappa shape index (κ1) is 20.9. The number of likely N-dealkylation sites (N-methyl/N-ethyl adjacent to an activating group) is 1. The van der Waals surface area contributed by atoms with Gasteiger partial charge in [-0.2, -0.15) is 0 Å². The van der Waals surface area contributed by atoms with Gasteiger partial charge in [0, 0.05) is 20.0 Å². The third kappa shape index (κ3) is 6.37. The molecule has 0 saturated heterocycles. The summed E-state index contributed by atoms with van der Waals surface area (Å²) < 4.78 is 32.7. The number of carbonyl (C=O) groups excluding carboxylic acids is 1. The Morgan fingerprint density at radius 1 is 1.07 bits per heavy atom. The van der Waals surface area contributed by atoms with Crippen molar-refractivity contribution in [2.45, 2.75) is 25.2 Å². The third-order valence-corrected chi connectivity index (χ3v) is 5.74. The van der Waals surface area contributed by atoms with E-state index in [1.165, 1.54) is 4.90 Å². The molecule has 146 valence electrons. The summed E-state index contributed by atoms with van der Waals surface area (Å²) >= 11 is 0. The van der Waals surface area contributed by atoms with E-state index in [0.717, 1.165) is 16.9 Å². The zero-order valence-corrected chi connectivity index (χ0v) is 16.8. The number of sulfonamides is 1. The number of ether oxygens (including phenoxy) is 1. The van der Waals surface area contributed by atoms with Gasteiger partial charge in [-0.3, -0.25) is 4.79 Å². The Labute approximate surface area is 161 Å². The summed E-state index contributed by atoms with van der Waals surface area (Å²) in [6.45, 7) is 4.65. The summed E-state index contributed by atoms with van der Waals surface area (Å²) in [5, 5.41) is 0. The van der Waals surface area contributed by atoms with Crippen LogP contribution in [-0.2, 0) is 14.8 Å². The van der Waals surface area contributed by atoms with E-state index in [2.05, 4.69) is 4.72 Å². The second kappa shape index (κ2) is 9.53. The van der Waals surface area contributed by atoms with Gasteiger partial charge in [0.05, 0.1) is 11.4 Å². The zero-order chi connectivity index (χ0) is 19.9. The van der Waals surface area contributed by atoms with Crippen LogP contribution in [0.5, 0.6) is 5.75 Å². The number of hydrogen-bond donors (Lipinski definition) is 1. The minimum Gasteiger partial charge on any atom is -0.492 e. The maximum Gasteiger partial charge on any atom is 0.240 e. The molecular formula is C20H26N2O4S. The summed E-state index contributed by atoms with van der Waals surface area (Å²) in [4.78, 5) is 13.9. The molecule has 2 rings (SSSR count). The van der Waals surface area contributed by atoms with Crippen molar-refractivity contribution in [3.05, 3.63) is 59.7 Å². The molecule has 1 amide bonds. The number of para-hydroxylation sites is 1. The molecule has 27 heavy (non-hydrogen) atoms. The molecule has 2 aromatic rings. The maximum atomic E-state index is 12.3. The van der Waals surface area contributed by atoms with Crippen LogP contribution in [0, 0.1) is 13.8 Å². The zero-order valence-electron chi connectivity index (χ0n) is 15.9. The molecule has 0 fully saturated rings. The Kier molecular flexibility index (Phi) is 7.38. The summed E-state index contributed by atoms with van der Waals surface area (Å²) in [7, 11) is -1.94. The van der Waals surface area contributed by atoms with E-state index in [-0.39, 0.29) is 23.8 Å². The molecule has 6 nitrogen and oxygen atoms in total. The average molecular weight is 391 g/mol. The van der Waals surface area contributed by atoms with Gasteiger partial charge < -0.3 is 9.64 Å². The number of nitrogens with one attached hydrogen (secondary N) is 1. The van der Waals surface area contributed by atoms with Gasteiger partial charge in [0.25, 0.3) is 0 Å². The number of nitrogens with zero attached hydrogens (tertiary/aromatic N) is 1. The average Bonchev–Trinajstić information content (AvgIpc) is 2.64. The second-order valence-electron chi connectivity index (χ2n) is 6.37. The Morgan fingerprint density at radius 3 is 2.44 bits per heavy atom. The molecule has 0 bridgehead atoms. The molecule has 0 aliphatic heterocycles. The number of amides is 1. The summed E-state index contributed by atoms with van der Waals surface area (Å²) in [5.41, 5.74) is 1.94. The standard InChI is InChI=1S/C20H26N2O4S/c1-16-9-10-19(15-17(16)2)27(24,25)21-12-11-20(23)22(3)13-14-26-18-7-5-4-6-8-18/h4-10,15,21H,11-14H2,1-3H3. The lowest BCUT2D eigenvalue weighted by molar-refractivity contribution is -0.130. The number of hydrogen-bond acceptors (Lipinski definition) is 4. The second-order valence-corrected chi connectivity index (χ2v) is 8.14. The lowest BCUT2D eigenvalue weighted by Crippen LogP contribution is -2.34. The minimum atomic E-state index is -3.62. The molecule has 0 saturated carbocycles. The fraction of sp³-hybridized carbons (Fsp3) is 0.350. The quantitative estimate of drug-likeness (QED) is 0.714. The minimum absolute atomic E-state index is 0.0535. The van der Waals surface area contributed by atoms with Crippen LogP contribution in [0.3, 0.4) is 0 Å². The van der Waals surface area contributed by atoms with Crippen molar-refractivity contribution in [2.24, 2.45) is 0 Å². The Balaban J connectivity index is 1.76. The highest BCUT2D eigenvalue weighted by Crippen LogP contribution is 2.14. The normalized spacial score (nSPS) is 11.2. The van der Waals surface area contributed by atoms with Crippen LogP contribution in [0.2, 0.25) is 0 Å². The van der Waals surface area contributed by atoms with Crippen molar-refractivity contribution < 1.29 is 17.9 Å². The Morgan fingerprint density at radius 2 is 1.78 bits per heavy atom. The van der Waals surface area contributed by atoms with Gasteiger partial charge >= 0.3 is 0 Å². The van der Waals surface area contributed by atoms with Gasteiger partial charge in [0.15, 0.2) is 0 Å². The van der Waals surface area contributed by atoms with Crippen molar-refractivity contribution in [2.75, 3.05) is 26.7 Å². The highest BCUT2D eigenvalue weighted by Gasteiger charge is 2.16. The highest BCUT2D eigenvalue weighted by molar-refractivity contribution is 7.89. The monoisotopic (exact) mass is 390 g/mol. The molecule has 0 aliphatic carbocycles. The first-order chi connectivity index (χ1) is 12.8. The molecule has 7 heteroatoms. The summed E-state index contributed by atoms with van der Waals surface area (Å²) in [6, 6.07) is 14.3. The molecule has 0 heterocycles. The Hall–Kier alpha value is -2.38. The van der Waals surface area contributed by atoms with Crippen LogP contribution in [-0.4, -0.2) is 46.0 Å². The van der Waals surface area contributed by atoms with Gasteiger partial charge in [-0.25, -0.2) is 13.1 Å². The maximum absolute atomic E-state index is 12.3. The fourth-order valence-corrected chi connectivity index (χ4v) is 3.51. The van der Waals surface area contributed by atoms with E-state index >= 15 is 0 Å². The van der Waals surface area contributed by atoms with Gasteiger partial charge in [0.2, 0.25) is 15.9 Å². The van der Waals surface area contributed by atoms with Crippen LogP contribution >= 0.6 is 0 Å². The molecule has 2 aromatic carbocycles. The molecule has 0 aliphatic rings. The van der Waals surface area contributed by atoms with Crippen LogP contribution in [0.1, 0.15) is 17.5 Å². The largest absolute Gasteiger partial charge is 0.492 e. The van der Waals surface area contributed by atoms with Crippen LogP contribution in [0.25, 0.3) is 0 Å². The lowest BCUT2D eigenvalue weighted by atomic mass is 10.1. The molecule has 0 aromatic heterocycles. The SMILES string of the molecule is Cc1ccc(S(=O)(=O)NCCC(=O)N(C)CCOc2ccccc2)cc1C. The number of carbonyl (C=O) groups is 1. The van der Waals surface area contributed by atoms with Crippen molar-refractivity contribution in [1.29, 1.82) is 0 Å². The first-order valence-corrected chi connectivity index (χ1v) is 10.3. The van der Waals surface area contributed by atoms with E-state index in [9.17, 15) is 13.2 Å². The molecule has 0 atom stereocenters. The van der Waals surface area contributed by atoms with E-state index in [1.54, 1.807) is 25.2 Å². The molecule has 0 spiro atoms. The predicted octanol–water partition coefficient (Wildman–Crippen LogP) is 2.51. The molecule has 0 radical (unpaired) electrons. The van der Waals surface area contributed by atoms with Crippen molar-refractivity contribution in [1.82, 2.24) is 9.62 Å². The smallest absolute Gasteiger partial charge is 0.240 e. The van der Waals surface area contributed by atoms with Crippen LogP contribution in [0.4, 0.5) is 0 Å². The van der Waals surface area contributed by atoms with E-state index < -0.39 is 10.0 Å². The summed E-state index contributed by atoms with van der Waals surface area (Å²) in [5.74, 6) is 0.606. The first-order valence-electron chi connectivity index (χ1n) is 8.78. The fourth-order valence-electron chi connectivity index (χ4n) is 2.39. The van der Waals surface area contributed by atoms with Gasteiger partial charge in [-0.1, -0.05) is 24.3 Å². The van der Waals surface area contributed by atoms with Gasteiger partial charge in [0.1, 0.15) is 12.4 Å². The number of rotatable bonds is 9. The van der Waals surface area contributed by atoms with Crippen LogP contribution in [0.15, 0.2) is 53.4 Å².